The number of hydrogen-bond acceptors (Lipinski definition) is 2. The number of hydrogen-bond donors (Lipinski definition) is 0. The van der Waals surface area contributed by atoms with Crippen LogP contribution in [0.5, 0.6) is 5.75 Å². The van der Waals surface area contributed by atoms with Crippen molar-refractivity contribution in [3.8, 4) is 5.75 Å². The molecule has 26 heavy (non-hydrogen) atoms. The molecule has 2 nitrogen and oxygen atoms in total. The summed E-state index contributed by atoms with van der Waals surface area (Å²) in [6.07, 6.45) is -0.0974. The summed E-state index contributed by atoms with van der Waals surface area (Å²) in [5.41, 5.74) is -0.515. The SMILES string of the molecule is CCC1CCC(Oc2ccc3ccc(C(C)=O)cc3c2C(F)(F)F)CC1. The maximum atomic E-state index is 13.8. The smallest absolute Gasteiger partial charge is 0.420 e. The number of Topliss-reactive ketones (excluding diaryl/α,β-unsaturated/α-hetero) is 1. The summed E-state index contributed by atoms with van der Waals surface area (Å²) in [5, 5.41) is 0.467. The van der Waals surface area contributed by atoms with E-state index in [-0.39, 0.29) is 28.6 Å². The van der Waals surface area contributed by atoms with Crippen LogP contribution in [0.25, 0.3) is 10.8 Å². The summed E-state index contributed by atoms with van der Waals surface area (Å²) >= 11 is 0. The topological polar surface area (TPSA) is 26.3 Å². The summed E-state index contributed by atoms with van der Waals surface area (Å²) in [6.45, 7) is 3.49. The van der Waals surface area contributed by atoms with E-state index in [2.05, 4.69) is 6.92 Å². The van der Waals surface area contributed by atoms with Gasteiger partial charge in [-0.1, -0.05) is 31.5 Å². The van der Waals surface area contributed by atoms with Gasteiger partial charge in [0.1, 0.15) is 11.3 Å². The highest BCUT2D eigenvalue weighted by atomic mass is 19.4. The quantitative estimate of drug-likeness (QED) is 0.586. The lowest BCUT2D eigenvalue weighted by Gasteiger charge is -2.29. The van der Waals surface area contributed by atoms with Crippen LogP contribution in [0.1, 0.15) is 61.9 Å². The van der Waals surface area contributed by atoms with E-state index in [1.165, 1.54) is 19.1 Å². The molecule has 1 saturated carbocycles. The second kappa shape index (κ2) is 7.29. The van der Waals surface area contributed by atoms with Gasteiger partial charge in [0.2, 0.25) is 0 Å². The lowest BCUT2D eigenvalue weighted by molar-refractivity contribution is -0.138. The number of halogens is 3. The highest BCUT2D eigenvalue weighted by Crippen LogP contribution is 2.43. The lowest BCUT2D eigenvalue weighted by Crippen LogP contribution is -2.25. The van der Waals surface area contributed by atoms with Crippen molar-refractivity contribution in [2.75, 3.05) is 0 Å². The summed E-state index contributed by atoms with van der Waals surface area (Å²) in [7, 11) is 0. The first kappa shape index (κ1) is 18.7. The van der Waals surface area contributed by atoms with Crippen molar-refractivity contribution < 1.29 is 22.7 Å². The minimum Gasteiger partial charge on any atom is -0.490 e. The van der Waals surface area contributed by atoms with Gasteiger partial charge in [-0.2, -0.15) is 13.2 Å². The van der Waals surface area contributed by atoms with Gasteiger partial charge in [-0.05, 0) is 61.4 Å². The van der Waals surface area contributed by atoms with Crippen LogP contribution in [0.2, 0.25) is 0 Å². The molecule has 0 aliphatic heterocycles. The molecule has 1 aliphatic rings. The first-order chi connectivity index (χ1) is 12.3. The number of benzene rings is 2. The molecule has 1 fully saturated rings. The monoisotopic (exact) mass is 364 g/mol. The Balaban J connectivity index is 2.00. The normalized spacial score (nSPS) is 21.0. The largest absolute Gasteiger partial charge is 0.490 e. The third-order valence-corrected chi connectivity index (χ3v) is 5.34. The van der Waals surface area contributed by atoms with Crippen molar-refractivity contribution in [1.82, 2.24) is 0 Å². The Kier molecular flexibility index (Phi) is 5.26. The zero-order chi connectivity index (χ0) is 18.9. The van der Waals surface area contributed by atoms with Gasteiger partial charge < -0.3 is 4.74 Å². The lowest BCUT2D eigenvalue weighted by atomic mass is 9.86. The van der Waals surface area contributed by atoms with Gasteiger partial charge in [-0.25, -0.2) is 0 Å². The van der Waals surface area contributed by atoms with Crippen LogP contribution in [0.4, 0.5) is 13.2 Å². The number of ether oxygens (including phenoxy) is 1. The number of rotatable bonds is 4. The standard InChI is InChI=1S/C21H23F3O2/c1-3-14-4-9-17(10-5-14)26-19-11-8-15-6-7-16(13(2)25)12-18(15)20(19)21(22,23)24/h6-8,11-12,14,17H,3-5,9-10H2,1-2H3. The highest BCUT2D eigenvalue weighted by molar-refractivity contribution is 5.99. The number of ketones is 1. The van der Waals surface area contributed by atoms with Crippen molar-refractivity contribution in [2.24, 2.45) is 5.92 Å². The molecule has 2 aromatic rings. The Morgan fingerprint density at radius 2 is 1.77 bits per heavy atom. The third kappa shape index (κ3) is 3.87. The average Bonchev–Trinajstić information content (AvgIpc) is 2.60. The fourth-order valence-corrected chi connectivity index (χ4v) is 3.75. The maximum Gasteiger partial charge on any atom is 0.420 e. The maximum absolute atomic E-state index is 13.8. The van der Waals surface area contributed by atoms with Crippen LogP contribution >= 0.6 is 0 Å². The molecule has 0 saturated heterocycles. The van der Waals surface area contributed by atoms with E-state index in [4.69, 9.17) is 4.74 Å². The van der Waals surface area contributed by atoms with Crippen LogP contribution in [0.3, 0.4) is 0 Å². The summed E-state index contributed by atoms with van der Waals surface area (Å²) in [5.74, 6) is 0.251. The molecule has 2 aromatic carbocycles. The van der Waals surface area contributed by atoms with Crippen molar-refractivity contribution in [3.63, 3.8) is 0 Å². The van der Waals surface area contributed by atoms with E-state index >= 15 is 0 Å². The number of carbonyl (C=O) groups excluding carboxylic acids is 1. The molecule has 0 unspecified atom stereocenters. The number of fused-ring (bicyclic) bond motifs is 1. The Hall–Kier alpha value is -2.04. The van der Waals surface area contributed by atoms with Crippen molar-refractivity contribution in [3.05, 3.63) is 41.5 Å². The van der Waals surface area contributed by atoms with E-state index in [0.717, 1.165) is 32.1 Å². The molecular weight excluding hydrogens is 341 g/mol. The second-order valence-corrected chi connectivity index (χ2v) is 7.10. The third-order valence-electron chi connectivity index (χ3n) is 5.34. The van der Waals surface area contributed by atoms with Gasteiger partial charge in [-0.15, -0.1) is 0 Å². The van der Waals surface area contributed by atoms with Crippen molar-refractivity contribution in [2.45, 2.75) is 58.2 Å². The minimum atomic E-state index is -4.55. The van der Waals surface area contributed by atoms with E-state index in [1.54, 1.807) is 18.2 Å². The molecule has 0 amide bonds. The molecular formula is C21H23F3O2. The fourth-order valence-electron chi connectivity index (χ4n) is 3.75. The Morgan fingerprint density at radius 3 is 2.35 bits per heavy atom. The van der Waals surface area contributed by atoms with E-state index in [0.29, 0.717) is 11.3 Å². The molecule has 0 atom stereocenters. The fraction of sp³-hybridized carbons (Fsp3) is 0.476. The van der Waals surface area contributed by atoms with Crippen LogP contribution in [0, 0.1) is 5.92 Å². The van der Waals surface area contributed by atoms with E-state index in [9.17, 15) is 18.0 Å². The number of carbonyl (C=O) groups is 1. The van der Waals surface area contributed by atoms with Crippen LogP contribution < -0.4 is 4.74 Å². The predicted molar refractivity (Wildman–Crippen MR) is 95.6 cm³/mol. The Bertz CT molecular complexity index is 803. The second-order valence-electron chi connectivity index (χ2n) is 7.10. The summed E-state index contributed by atoms with van der Waals surface area (Å²) < 4.78 is 47.3. The van der Waals surface area contributed by atoms with E-state index in [1.807, 2.05) is 0 Å². The van der Waals surface area contributed by atoms with Gasteiger partial charge >= 0.3 is 6.18 Å². The first-order valence-corrected chi connectivity index (χ1v) is 9.11. The molecule has 0 heterocycles. The number of alkyl halides is 3. The Labute approximate surface area is 151 Å². The molecule has 0 aromatic heterocycles. The first-order valence-electron chi connectivity index (χ1n) is 9.11. The zero-order valence-electron chi connectivity index (χ0n) is 15.0. The van der Waals surface area contributed by atoms with Crippen molar-refractivity contribution >= 4 is 16.6 Å². The molecule has 3 rings (SSSR count). The summed E-state index contributed by atoms with van der Waals surface area (Å²) in [4.78, 5) is 11.6. The molecule has 0 radical (unpaired) electrons. The Morgan fingerprint density at radius 1 is 1.12 bits per heavy atom. The molecule has 1 aliphatic carbocycles. The molecule has 0 spiro atoms. The summed E-state index contributed by atoms with van der Waals surface area (Å²) in [6, 6.07) is 7.46. The van der Waals surface area contributed by atoms with Gasteiger partial charge in [0.25, 0.3) is 0 Å². The van der Waals surface area contributed by atoms with E-state index < -0.39 is 11.7 Å². The van der Waals surface area contributed by atoms with Gasteiger partial charge in [0.15, 0.2) is 5.78 Å². The van der Waals surface area contributed by atoms with Gasteiger partial charge in [-0.3, -0.25) is 4.79 Å². The van der Waals surface area contributed by atoms with Crippen molar-refractivity contribution in [1.29, 1.82) is 0 Å². The zero-order valence-corrected chi connectivity index (χ0v) is 15.0. The average molecular weight is 364 g/mol. The molecule has 0 bridgehead atoms. The molecule has 140 valence electrons. The molecule has 0 N–H and O–H groups in total. The van der Waals surface area contributed by atoms with Crippen LogP contribution in [-0.2, 0) is 6.18 Å². The van der Waals surface area contributed by atoms with Crippen LogP contribution in [0.15, 0.2) is 30.3 Å². The van der Waals surface area contributed by atoms with Gasteiger partial charge in [0.05, 0.1) is 6.10 Å². The predicted octanol–water partition coefficient (Wildman–Crippen LogP) is 6.41. The minimum absolute atomic E-state index is 0.0185. The van der Waals surface area contributed by atoms with Gasteiger partial charge in [0, 0.05) is 5.56 Å². The highest BCUT2D eigenvalue weighted by Gasteiger charge is 2.37. The van der Waals surface area contributed by atoms with Crippen LogP contribution in [-0.4, -0.2) is 11.9 Å². The molecule has 5 heteroatoms.